The SMILES string of the molecule is O=C(NC1CCCCCC1)c1snnc1-c1cccs1. The molecule has 6 heteroatoms. The van der Waals surface area contributed by atoms with Crippen molar-refractivity contribution in [2.24, 2.45) is 0 Å². The Bertz CT molecular complexity index is 557. The van der Waals surface area contributed by atoms with Gasteiger partial charge in [-0.1, -0.05) is 36.2 Å². The Labute approximate surface area is 126 Å². The van der Waals surface area contributed by atoms with Gasteiger partial charge in [0.2, 0.25) is 0 Å². The Balaban J connectivity index is 1.73. The summed E-state index contributed by atoms with van der Waals surface area (Å²) in [4.78, 5) is 14.1. The summed E-state index contributed by atoms with van der Waals surface area (Å²) in [5.41, 5.74) is 0.719. The van der Waals surface area contributed by atoms with E-state index in [0.29, 0.717) is 10.9 Å². The van der Waals surface area contributed by atoms with Crippen molar-refractivity contribution in [1.29, 1.82) is 0 Å². The van der Waals surface area contributed by atoms with E-state index in [1.54, 1.807) is 11.3 Å². The Hall–Kier alpha value is -1.27. The van der Waals surface area contributed by atoms with Crippen LogP contribution in [0.4, 0.5) is 0 Å². The maximum atomic E-state index is 12.4. The largest absolute Gasteiger partial charge is 0.348 e. The van der Waals surface area contributed by atoms with Crippen LogP contribution in [-0.2, 0) is 0 Å². The molecule has 0 atom stereocenters. The van der Waals surface area contributed by atoms with Gasteiger partial charge in [0.1, 0.15) is 10.6 Å². The number of thiophene rings is 1. The van der Waals surface area contributed by atoms with Gasteiger partial charge in [0.05, 0.1) is 4.88 Å². The van der Waals surface area contributed by atoms with Gasteiger partial charge in [-0.15, -0.1) is 16.4 Å². The fourth-order valence-electron chi connectivity index (χ4n) is 2.59. The standard InChI is InChI=1S/C14H17N3OS2/c18-14(15-10-6-3-1-2-4-7-10)13-12(16-17-20-13)11-8-5-9-19-11/h5,8-10H,1-4,6-7H2,(H,15,18). The summed E-state index contributed by atoms with van der Waals surface area (Å²) in [6, 6.07) is 4.25. The molecule has 3 rings (SSSR count). The van der Waals surface area contributed by atoms with Crippen LogP contribution < -0.4 is 5.32 Å². The Morgan fingerprint density at radius 2 is 2.05 bits per heavy atom. The minimum Gasteiger partial charge on any atom is -0.348 e. The lowest BCUT2D eigenvalue weighted by Crippen LogP contribution is -2.34. The molecule has 4 nitrogen and oxygen atoms in total. The number of carbonyl (C=O) groups is 1. The van der Waals surface area contributed by atoms with Gasteiger partial charge in [0.25, 0.3) is 5.91 Å². The second kappa shape index (κ2) is 6.45. The number of carbonyl (C=O) groups excluding carboxylic acids is 1. The van der Waals surface area contributed by atoms with E-state index in [1.165, 1.54) is 37.2 Å². The minimum atomic E-state index is -0.0182. The molecule has 0 aliphatic heterocycles. The van der Waals surface area contributed by atoms with E-state index in [9.17, 15) is 4.79 Å². The highest BCUT2D eigenvalue weighted by atomic mass is 32.1. The van der Waals surface area contributed by atoms with E-state index < -0.39 is 0 Å². The van der Waals surface area contributed by atoms with Crippen LogP contribution in [-0.4, -0.2) is 21.5 Å². The molecule has 2 aromatic heterocycles. The first-order chi connectivity index (χ1) is 9.84. The van der Waals surface area contributed by atoms with Gasteiger partial charge in [-0.3, -0.25) is 4.79 Å². The molecule has 1 amide bonds. The van der Waals surface area contributed by atoms with E-state index in [2.05, 4.69) is 14.9 Å². The van der Waals surface area contributed by atoms with Crippen LogP contribution in [0.1, 0.15) is 48.2 Å². The quantitative estimate of drug-likeness (QED) is 0.879. The molecule has 0 radical (unpaired) electrons. The molecule has 1 saturated carbocycles. The molecule has 1 aliphatic rings. The summed E-state index contributed by atoms with van der Waals surface area (Å²) in [6.45, 7) is 0. The fourth-order valence-corrected chi connectivity index (χ4v) is 3.95. The van der Waals surface area contributed by atoms with Crippen molar-refractivity contribution in [3.63, 3.8) is 0 Å². The molecule has 106 valence electrons. The van der Waals surface area contributed by atoms with Crippen molar-refractivity contribution < 1.29 is 4.79 Å². The predicted molar refractivity (Wildman–Crippen MR) is 82.2 cm³/mol. The normalized spacial score (nSPS) is 16.8. The van der Waals surface area contributed by atoms with Gasteiger partial charge in [-0.25, -0.2) is 0 Å². The number of aromatic nitrogens is 2. The van der Waals surface area contributed by atoms with Crippen LogP contribution in [0.3, 0.4) is 0 Å². The van der Waals surface area contributed by atoms with Crippen molar-refractivity contribution in [2.45, 2.75) is 44.6 Å². The first-order valence-corrected chi connectivity index (χ1v) is 8.67. The highest BCUT2D eigenvalue weighted by Crippen LogP contribution is 2.28. The number of hydrogen-bond donors (Lipinski definition) is 1. The van der Waals surface area contributed by atoms with Gasteiger partial charge in [0.15, 0.2) is 0 Å². The van der Waals surface area contributed by atoms with Crippen molar-refractivity contribution >= 4 is 28.8 Å². The monoisotopic (exact) mass is 307 g/mol. The maximum absolute atomic E-state index is 12.4. The van der Waals surface area contributed by atoms with E-state index >= 15 is 0 Å². The average Bonchev–Trinajstić information content (AvgIpc) is 3.07. The summed E-state index contributed by atoms with van der Waals surface area (Å²) in [6.07, 6.45) is 7.18. The van der Waals surface area contributed by atoms with E-state index in [-0.39, 0.29) is 5.91 Å². The van der Waals surface area contributed by atoms with Gasteiger partial charge in [0, 0.05) is 6.04 Å². The van der Waals surface area contributed by atoms with Crippen LogP contribution in [0.2, 0.25) is 0 Å². The number of hydrogen-bond acceptors (Lipinski definition) is 5. The predicted octanol–water partition coefficient (Wildman–Crippen LogP) is 3.72. The Kier molecular flexibility index (Phi) is 4.42. The molecule has 0 spiro atoms. The molecule has 1 N–H and O–H groups in total. The summed E-state index contributed by atoms with van der Waals surface area (Å²) in [7, 11) is 0. The lowest BCUT2D eigenvalue weighted by Gasteiger charge is -2.15. The molecule has 0 aromatic carbocycles. The molecule has 2 aromatic rings. The highest BCUT2D eigenvalue weighted by molar-refractivity contribution is 7.14. The number of nitrogens with one attached hydrogen (secondary N) is 1. The Morgan fingerprint density at radius 1 is 1.25 bits per heavy atom. The topological polar surface area (TPSA) is 54.9 Å². The van der Waals surface area contributed by atoms with Crippen molar-refractivity contribution in [2.75, 3.05) is 0 Å². The molecule has 1 aliphatic carbocycles. The summed E-state index contributed by atoms with van der Waals surface area (Å²) in [5.74, 6) is -0.0182. The summed E-state index contributed by atoms with van der Waals surface area (Å²) in [5, 5.41) is 9.26. The van der Waals surface area contributed by atoms with E-state index in [1.807, 2.05) is 17.5 Å². The number of amides is 1. The summed E-state index contributed by atoms with van der Waals surface area (Å²) >= 11 is 2.77. The molecule has 0 unspecified atom stereocenters. The van der Waals surface area contributed by atoms with Crippen LogP contribution in [0.25, 0.3) is 10.6 Å². The van der Waals surface area contributed by atoms with Gasteiger partial charge in [-0.05, 0) is 35.8 Å². The van der Waals surface area contributed by atoms with Crippen molar-refractivity contribution in [1.82, 2.24) is 14.9 Å². The lowest BCUT2D eigenvalue weighted by molar-refractivity contribution is 0.0938. The average molecular weight is 307 g/mol. The molecular weight excluding hydrogens is 290 g/mol. The third-order valence-corrected chi connectivity index (χ3v) is 5.24. The molecule has 2 heterocycles. The van der Waals surface area contributed by atoms with Crippen molar-refractivity contribution in [3.05, 3.63) is 22.4 Å². The third kappa shape index (κ3) is 3.07. The zero-order chi connectivity index (χ0) is 13.8. The maximum Gasteiger partial charge on any atom is 0.265 e. The molecule has 1 fully saturated rings. The highest BCUT2D eigenvalue weighted by Gasteiger charge is 2.21. The fraction of sp³-hybridized carbons (Fsp3) is 0.500. The smallest absolute Gasteiger partial charge is 0.265 e. The van der Waals surface area contributed by atoms with E-state index in [0.717, 1.165) is 23.4 Å². The lowest BCUT2D eigenvalue weighted by atomic mass is 10.1. The van der Waals surface area contributed by atoms with Gasteiger partial charge in [-0.2, -0.15) is 0 Å². The van der Waals surface area contributed by atoms with Crippen molar-refractivity contribution in [3.8, 4) is 10.6 Å². The van der Waals surface area contributed by atoms with Crippen LogP contribution in [0, 0.1) is 0 Å². The van der Waals surface area contributed by atoms with Crippen LogP contribution in [0.15, 0.2) is 17.5 Å². The Morgan fingerprint density at radius 3 is 2.75 bits per heavy atom. The summed E-state index contributed by atoms with van der Waals surface area (Å²) < 4.78 is 3.95. The van der Waals surface area contributed by atoms with E-state index in [4.69, 9.17) is 0 Å². The van der Waals surface area contributed by atoms with Crippen LogP contribution in [0.5, 0.6) is 0 Å². The first kappa shape index (κ1) is 13.7. The van der Waals surface area contributed by atoms with Gasteiger partial charge < -0.3 is 5.32 Å². The molecular formula is C14H17N3OS2. The zero-order valence-electron chi connectivity index (χ0n) is 11.2. The molecule has 0 saturated heterocycles. The minimum absolute atomic E-state index is 0.0182. The third-order valence-electron chi connectivity index (χ3n) is 3.64. The zero-order valence-corrected chi connectivity index (χ0v) is 12.8. The second-order valence-electron chi connectivity index (χ2n) is 5.09. The number of nitrogens with zero attached hydrogens (tertiary/aromatic N) is 2. The molecule has 20 heavy (non-hydrogen) atoms. The van der Waals surface area contributed by atoms with Gasteiger partial charge >= 0.3 is 0 Å². The second-order valence-corrected chi connectivity index (χ2v) is 6.79. The first-order valence-electron chi connectivity index (χ1n) is 7.01. The number of rotatable bonds is 3. The van der Waals surface area contributed by atoms with Crippen LogP contribution >= 0.6 is 22.9 Å². The molecule has 0 bridgehead atoms.